The lowest BCUT2D eigenvalue weighted by molar-refractivity contribution is 0.0595. The number of aromatic amines is 1. The van der Waals surface area contributed by atoms with E-state index in [1.165, 1.54) is 28.7 Å². The van der Waals surface area contributed by atoms with Crippen LogP contribution in [0.5, 0.6) is 0 Å². The highest BCUT2D eigenvalue weighted by atomic mass is 16.2. The highest BCUT2D eigenvalue weighted by Gasteiger charge is 2.41. The van der Waals surface area contributed by atoms with Crippen molar-refractivity contribution in [3.63, 3.8) is 0 Å². The van der Waals surface area contributed by atoms with E-state index >= 15 is 0 Å². The summed E-state index contributed by atoms with van der Waals surface area (Å²) in [5.74, 6) is 0.636. The molecular weight excluding hydrogens is 322 g/mol. The van der Waals surface area contributed by atoms with E-state index in [1.807, 2.05) is 18.2 Å². The molecule has 1 saturated heterocycles. The first-order chi connectivity index (χ1) is 12.6. The molecule has 3 aromatic rings. The lowest BCUT2D eigenvalue weighted by Gasteiger charge is -2.38. The van der Waals surface area contributed by atoms with Crippen LogP contribution in [0, 0.1) is 13.8 Å². The number of H-pyrrole nitrogens is 1. The van der Waals surface area contributed by atoms with Crippen LogP contribution in [-0.4, -0.2) is 33.4 Å². The molecule has 26 heavy (non-hydrogen) atoms. The maximum absolute atomic E-state index is 13.3. The van der Waals surface area contributed by atoms with Crippen molar-refractivity contribution in [2.24, 2.45) is 0 Å². The summed E-state index contributed by atoms with van der Waals surface area (Å²) in [5.41, 5.74) is 8.30. The van der Waals surface area contributed by atoms with Gasteiger partial charge in [-0.3, -0.25) is 4.79 Å². The number of aryl methyl sites for hydroxylation is 1. The molecule has 1 N–H and O–H groups in total. The molecule has 5 rings (SSSR count). The maximum Gasteiger partial charge on any atom is 0.254 e. The van der Waals surface area contributed by atoms with Gasteiger partial charge in [0.25, 0.3) is 5.91 Å². The second kappa shape index (κ2) is 5.70. The molecular formula is C22H23N3O. The first-order valence-electron chi connectivity index (χ1n) is 9.46. The number of imidazole rings is 1. The van der Waals surface area contributed by atoms with Crippen LogP contribution in [0.25, 0.3) is 11.0 Å². The Hall–Kier alpha value is -2.62. The number of amides is 1. The highest BCUT2D eigenvalue weighted by molar-refractivity contribution is 5.97. The van der Waals surface area contributed by atoms with Gasteiger partial charge in [0, 0.05) is 24.1 Å². The van der Waals surface area contributed by atoms with Crippen LogP contribution in [0.1, 0.15) is 51.4 Å². The third-order valence-corrected chi connectivity index (χ3v) is 6.38. The number of nitrogens with one attached hydrogen (secondary N) is 1. The van der Waals surface area contributed by atoms with Gasteiger partial charge in [0.15, 0.2) is 0 Å². The van der Waals surface area contributed by atoms with Crippen LogP contribution in [0.2, 0.25) is 0 Å². The van der Waals surface area contributed by atoms with Gasteiger partial charge in [-0.15, -0.1) is 0 Å². The summed E-state index contributed by atoms with van der Waals surface area (Å²) in [6.07, 6.45) is 4.92. The van der Waals surface area contributed by atoms with Crippen molar-refractivity contribution in [3.8, 4) is 0 Å². The van der Waals surface area contributed by atoms with Crippen molar-refractivity contribution in [2.45, 2.75) is 45.1 Å². The summed E-state index contributed by atoms with van der Waals surface area (Å²) in [7, 11) is 0. The number of hydrogen-bond acceptors (Lipinski definition) is 2. The van der Waals surface area contributed by atoms with Gasteiger partial charge in [0.2, 0.25) is 0 Å². The Bertz CT molecular complexity index is 1020. The Morgan fingerprint density at radius 1 is 1.23 bits per heavy atom. The number of hydrogen-bond donors (Lipinski definition) is 1. The van der Waals surface area contributed by atoms with Crippen LogP contribution >= 0.6 is 0 Å². The Labute approximate surface area is 153 Å². The monoisotopic (exact) mass is 345 g/mol. The van der Waals surface area contributed by atoms with Gasteiger partial charge in [-0.05, 0) is 73.6 Å². The number of carbonyl (C=O) groups excluding carboxylic acids is 1. The first-order valence-corrected chi connectivity index (χ1v) is 9.46. The number of likely N-dealkylation sites (tertiary alicyclic amines) is 1. The smallest absolute Gasteiger partial charge is 0.254 e. The van der Waals surface area contributed by atoms with E-state index in [0.29, 0.717) is 12.0 Å². The molecule has 0 bridgehead atoms. The van der Waals surface area contributed by atoms with Gasteiger partial charge in [-0.25, -0.2) is 4.98 Å². The molecule has 132 valence electrons. The van der Waals surface area contributed by atoms with Gasteiger partial charge in [0.1, 0.15) is 0 Å². The zero-order valence-corrected chi connectivity index (χ0v) is 15.2. The Kier molecular flexibility index (Phi) is 3.42. The van der Waals surface area contributed by atoms with Crippen molar-refractivity contribution >= 4 is 16.9 Å². The van der Waals surface area contributed by atoms with E-state index in [1.54, 1.807) is 6.33 Å². The molecule has 0 spiro atoms. The lowest BCUT2D eigenvalue weighted by atomic mass is 9.85. The Morgan fingerprint density at radius 2 is 2.12 bits per heavy atom. The molecule has 2 atom stereocenters. The normalized spacial score (nSPS) is 21.7. The molecule has 4 heteroatoms. The van der Waals surface area contributed by atoms with Gasteiger partial charge < -0.3 is 9.88 Å². The fraction of sp³-hybridized carbons (Fsp3) is 0.364. The summed E-state index contributed by atoms with van der Waals surface area (Å²) in [5, 5.41) is 0. The SMILES string of the molecule is Cc1ccc2c(c1C)C1CCCN(C(=O)c3ccc4nc[nH]c4c3)C1C2. The average molecular weight is 345 g/mol. The van der Waals surface area contributed by atoms with Crippen molar-refractivity contribution in [2.75, 3.05) is 6.54 Å². The van der Waals surface area contributed by atoms with E-state index in [9.17, 15) is 4.79 Å². The summed E-state index contributed by atoms with van der Waals surface area (Å²) in [4.78, 5) is 22.8. The van der Waals surface area contributed by atoms with E-state index in [2.05, 4.69) is 40.8 Å². The predicted molar refractivity (Wildman–Crippen MR) is 103 cm³/mol. The number of benzene rings is 2. The summed E-state index contributed by atoms with van der Waals surface area (Å²) in [6.45, 7) is 5.28. The van der Waals surface area contributed by atoms with Gasteiger partial charge in [-0.2, -0.15) is 0 Å². The minimum absolute atomic E-state index is 0.151. The zero-order valence-electron chi connectivity index (χ0n) is 15.2. The second-order valence-corrected chi connectivity index (χ2v) is 7.73. The molecule has 1 aliphatic heterocycles. The summed E-state index contributed by atoms with van der Waals surface area (Å²) in [6, 6.07) is 10.6. The number of fused-ring (bicyclic) bond motifs is 4. The second-order valence-electron chi connectivity index (χ2n) is 7.73. The van der Waals surface area contributed by atoms with Crippen molar-refractivity contribution < 1.29 is 4.79 Å². The zero-order chi connectivity index (χ0) is 17.8. The average Bonchev–Trinajstić information content (AvgIpc) is 3.27. The number of nitrogens with zero attached hydrogens (tertiary/aromatic N) is 2. The number of carbonyl (C=O) groups is 1. The van der Waals surface area contributed by atoms with Crippen LogP contribution in [-0.2, 0) is 6.42 Å². The molecule has 1 aromatic heterocycles. The molecule has 1 aliphatic carbocycles. The van der Waals surface area contributed by atoms with E-state index in [-0.39, 0.29) is 5.91 Å². The minimum atomic E-state index is 0.151. The number of rotatable bonds is 1. The van der Waals surface area contributed by atoms with Gasteiger partial charge in [0.05, 0.1) is 17.4 Å². The van der Waals surface area contributed by atoms with Crippen LogP contribution < -0.4 is 0 Å². The van der Waals surface area contributed by atoms with E-state index < -0.39 is 0 Å². The van der Waals surface area contributed by atoms with E-state index in [0.717, 1.165) is 36.0 Å². The summed E-state index contributed by atoms with van der Waals surface area (Å²) < 4.78 is 0. The minimum Gasteiger partial charge on any atom is -0.345 e. The van der Waals surface area contributed by atoms with Crippen molar-refractivity contribution in [1.82, 2.24) is 14.9 Å². The van der Waals surface area contributed by atoms with Crippen LogP contribution in [0.15, 0.2) is 36.7 Å². The fourth-order valence-corrected chi connectivity index (χ4v) is 4.95. The molecule has 1 amide bonds. The predicted octanol–water partition coefficient (Wildman–Crippen LogP) is 4.12. The molecule has 0 saturated carbocycles. The molecule has 2 heterocycles. The molecule has 2 unspecified atom stereocenters. The highest BCUT2D eigenvalue weighted by Crippen LogP contribution is 2.44. The quantitative estimate of drug-likeness (QED) is 0.721. The number of piperidine rings is 1. The van der Waals surface area contributed by atoms with Gasteiger partial charge in [-0.1, -0.05) is 12.1 Å². The van der Waals surface area contributed by atoms with E-state index in [4.69, 9.17) is 0 Å². The molecule has 2 aliphatic rings. The molecule has 0 radical (unpaired) electrons. The van der Waals surface area contributed by atoms with Crippen LogP contribution in [0.4, 0.5) is 0 Å². The third-order valence-electron chi connectivity index (χ3n) is 6.38. The fourth-order valence-electron chi connectivity index (χ4n) is 4.95. The Morgan fingerprint density at radius 3 is 3.00 bits per heavy atom. The largest absolute Gasteiger partial charge is 0.345 e. The molecule has 1 fully saturated rings. The molecule has 2 aromatic carbocycles. The number of aromatic nitrogens is 2. The Balaban J connectivity index is 1.50. The summed E-state index contributed by atoms with van der Waals surface area (Å²) >= 11 is 0. The molecule has 4 nitrogen and oxygen atoms in total. The van der Waals surface area contributed by atoms with Gasteiger partial charge >= 0.3 is 0 Å². The first kappa shape index (κ1) is 15.6. The standard InChI is InChI=1S/C22H23N3O/c1-13-5-6-15-11-20-17(21(15)14(13)2)4-3-9-25(20)22(26)16-7-8-18-19(10-16)24-12-23-18/h5-8,10,12,17,20H,3-4,9,11H2,1-2H3,(H,23,24). The van der Waals surface area contributed by atoms with Crippen molar-refractivity contribution in [3.05, 3.63) is 64.5 Å². The van der Waals surface area contributed by atoms with Crippen LogP contribution in [0.3, 0.4) is 0 Å². The van der Waals surface area contributed by atoms with Crippen molar-refractivity contribution in [1.29, 1.82) is 0 Å². The lowest BCUT2D eigenvalue weighted by Crippen LogP contribution is -2.46. The third kappa shape index (κ3) is 2.21. The maximum atomic E-state index is 13.3. The topological polar surface area (TPSA) is 49.0 Å².